The number of nitrogens with one attached hydrogen (secondary N) is 2. The summed E-state index contributed by atoms with van der Waals surface area (Å²) < 4.78 is 0. The van der Waals surface area contributed by atoms with Crippen LogP contribution in [0.2, 0.25) is 0 Å². The maximum absolute atomic E-state index is 3.60. The van der Waals surface area contributed by atoms with Crippen LogP contribution in [0.3, 0.4) is 0 Å². The predicted molar refractivity (Wildman–Crippen MR) is 73.7 cm³/mol. The topological polar surface area (TPSA) is 29.9 Å². The summed E-state index contributed by atoms with van der Waals surface area (Å²) in [6, 6.07) is 8.65. The number of rotatable bonds is 0. The second-order valence-electron chi connectivity index (χ2n) is 5.33. The summed E-state index contributed by atoms with van der Waals surface area (Å²) in [4.78, 5) is 7.17. The number of fused-ring (bicyclic) bond motifs is 5. The summed E-state index contributed by atoms with van der Waals surface area (Å²) in [5.41, 5.74) is 6.80. The van der Waals surface area contributed by atoms with Gasteiger partial charge < -0.3 is 4.98 Å². The summed E-state index contributed by atoms with van der Waals surface area (Å²) >= 11 is 0. The first-order valence-electron chi connectivity index (χ1n) is 6.78. The third-order valence-corrected chi connectivity index (χ3v) is 4.19. The lowest BCUT2D eigenvalue weighted by Crippen LogP contribution is -2.21. The van der Waals surface area contributed by atoms with E-state index < -0.39 is 0 Å². The first kappa shape index (κ1) is 10.1. The second kappa shape index (κ2) is 3.58. The highest BCUT2D eigenvalue weighted by molar-refractivity contribution is 6.09. The lowest BCUT2D eigenvalue weighted by molar-refractivity contribution is -0.398. The van der Waals surface area contributed by atoms with Crippen LogP contribution in [0.5, 0.6) is 0 Å². The van der Waals surface area contributed by atoms with E-state index in [0.29, 0.717) is 0 Å². The molecule has 2 N–H and O–H groups in total. The number of aromatic nitrogens is 2. The number of pyridine rings is 1. The molecule has 0 aliphatic heterocycles. The van der Waals surface area contributed by atoms with Gasteiger partial charge in [-0.1, -0.05) is 18.2 Å². The molecule has 18 heavy (non-hydrogen) atoms. The van der Waals surface area contributed by atoms with Gasteiger partial charge in [0.15, 0.2) is 5.69 Å². The Kier molecular flexibility index (Phi) is 2.01. The van der Waals surface area contributed by atoms with Crippen LogP contribution in [0, 0.1) is 6.92 Å². The fourth-order valence-electron chi connectivity index (χ4n) is 3.34. The van der Waals surface area contributed by atoms with E-state index >= 15 is 0 Å². The van der Waals surface area contributed by atoms with Crippen molar-refractivity contribution in [3.05, 3.63) is 41.2 Å². The van der Waals surface area contributed by atoms with E-state index in [1.54, 1.807) is 5.56 Å². The molecule has 4 rings (SSSR count). The van der Waals surface area contributed by atoms with Crippen molar-refractivity contribution in [3.63, 3.8) is 0 Å². The van der Waals surface area contributed by atoms with Crippen LogP contribution in [0.25, 0.3) is 21.8 Å². The molecule has 0 bridgehead atoms. The molecule has 1 aromatic carbocycles. The van der Waals surface area contributed by atoms with E-state index in [-0.39, 0.29) is 0 Å². The Labute approximate surface area is 106 Å². The molecule has 1 aliphatic carbocycles. The summed E-state index contributed by atoms with van der Waals surface area (Å²) in [6.45, 7) is 2.17. The van der Waals surface area contributed by atoms with E-state index in [9.17, 15) is 0 Å². The summed E-state index contributed by atoms with van der Waals surface area (Å²) in [5.74, 6) is 0. The Hall–Kier alpha value is -1.83. The van der Waals surface area contributed by atoms with Gasteiger partial charge in [0.1, 0.15) is 5.52 Å². The molecule has 0 radical (unpaired) electrons. The smallest absolute Gasteiger partial charge is 0.201 e. The Bertz CT molecular complexity index is 752. The maximum Gasteiger partial charge on any atom is 0.201 e. The summed E-state index contributed by atoms with van der Waals surface area (Å²) in [7, 11) is 0. The predicted octanol–water partition coefficient (Wildman–Crippen LogP) is 3.32. The van der Waals surface area contributed by atoms with Crippen LogP contribution >= 0.6 is 0 Å². The molecule has 2 heterocycles. The first-order valence-corrected chi connectivity index (χ1v) is 6.78. The van der Waals surface area contributed by atoms with Gasteiger partial charge in [-0.15, -0.1) is 0 Å². The Balaban J connectivity index is 2.23. The van der Waals surface area contributed by atoms with Gasteiger partial charge in [0.05, 0.1) is 0 Å². The van der Waals surface area contributed by atoms with Crippen molar-refractivity contribution in [1.29, 1.82) is 0 Å². The van der Waals surface area contributed by atoms with E-state index in [4.69, 9.17) is 0 Å². The van der Waals surface area contributed by atoms with Crippen LogP contribution in [0.4, 0.5) is 0 Å². The van der Waals surface area contributed by atoms with Gasteiger partial charge in [0.2, 0.25) is 5.69 Å². The fourth-order valence-corrected chi connectivity index (χ4v) is 3.34. The summed E-state index contributed by atoms with van der Waals surface area (Å²) in [6.07, 6.45) is 5.05. The molecule has 2 heteroatoms. The highest BCUT2D eigenvalue weighted by atomic mass is 14.8. The summed E-state index contributed by atoms with van der Waals surface area (Å²) in [5, 5.41) is 2.83. The van der Waals surface area contributed by atoms with Crippen molar-refractivity contribution in [2.75, 3.05) is 0 Å². The minimum absolute atomic E-state index is 1.20. The van der Waals surface area contributed by atoms with Gasteiger partial charge in [-0.25, -0.2) is 4.98 Å². The van der Waals surface area contributed by atoms with Crippen molar-refractivity contribution in [2.45, 2.75) is 32.6 Å². The van der Waals surface area contributed by atoms with Crippen LogP contribution in [-0.4, -0.2) is 4.98 Å². The molecule has 2 aromatic heterocycles. The van der Waals surface area contributed by atoms with Crippen LogP contribution < -0.4 is 4.98 Å². The van der Waals surface area contributed by atoms with Crippen molar-refractivity contribution in [3.8, 4) is 0 Å². The number of aromatic amines is 2. The normalized spacial score (nSPS) is 15.2. The largest absolute Gasteiger partial charge is 0.349 e. The molecule has 0 unspecified atom stereocenters. The second-order valence-corrected chi connectivity index (χ2v) is 5.33. The molecule has 0 amide bonds. The molecule has 0 atom stereocenters. The monoisotopic (exact) mass is 237 g/mol. The third-order valence-electron chi connectivity index (χ3n) is 4.19. The molecular weight excluding hydrogens is 220 g/mol. The van der Waals surface area contributed by atoms with Crippen molar-refractivity contribution >= 4 is 21.8 Å². The Morgan fingerprint density at radius 1 is 1.11 bits per heavy atom. The van der Waals surface area contributed by atoms with Crippen LogP contribution in [0.1, 0.15) is 29.8 Å². The zero-order chi connectivity index (χ0) is 12.1. The lowest BCUT2D eigenvalue weighted by Gasteiger charge is -2.12. The van der Waals surface area contributed by atoms with Gasteiger partial charge in [-0.05, 0) is 25.3 Å². The number of aryl methyl sites for hydroxylation is 3. The van der Waals surface area contributed by atoms with E-state index in [0.717, 1.165) is 0 Å². The van der Waals surface area contributed by atoms with Crippen molar-refractivity contribution < 1.29 is 4.98 Å². The quantitative estimate of drug-likeness (QED) is 0.621. The first-order chi connectivity index (χ1) is 8.84. The SMILES string of the molecule is Cc1[nH+]c2c(c3c1[nH]c1ccccc13)CCCC2. The van der Waals surface area contributed by atoms with Gasteiger partial charge in [0.25, 0.3) is 0 Å². The molecule has 2 nitrogen and oxygen atoms in total. The maximum atomic E-state index is 3.60. The zero-order valence-corrected chi connectivity index (χ0v) is 10.6. The van der Waals surface area contributed by atoms with Gasteiger partial charge in [0, 0.05) is 35.2 Å². The van der Waals surface area contributed by atoms with Crippen molar-refractivity contribution in [1.82, 2.24) is 4.98 Å². The number of para-hydroxylation sites is 1. The van der Waals surface area contributed by atoms with Crippen molar-refractivity contribution in [2.24, 2.45) is 0 Å². The van der Waals surface area contributed by atoms with Gasteiger partial charge in [-0.2, -0.15) is 0 Å². The molecule has 1 aliphatic rings. The molecule has 0 saturated heterocycles. The highest BCUT2D eigenvalue weighted by Crippen LogP contribution is 2.32. The fraction of sp³-hybridized carbons (Fsp3) is 0.312. The van der Waals surface area contributed by atoms with E-state index in [2.05, 4.69) is 41.2 Å². The molecular formula is C16H17N2+. The van der Waals surface area contributed by atoms with E-state index in [1.807, 2.05) is 0 Å². The lowest BCUT2D eigenvalue weighted by atomic mass is 9.92. The Morgan fingerprint density at radius 3 is 2.89 bits per heavy atom. The number of hydrogen-bond donors (Lipinski definition) is 1. The van der Waals surface area contributed by atoms with Crippen LogP contribution in [0.15, 0.2) is 24.3 Å². The highest BCUT2D eigenvalue weighted by Gasteiger charge is 2.23. The third kappa shape index (κ3) is 1.26. The van der Waals surface area contributed by atoms with Crippen LogP contribution in [-0.2, 0) is 12.8 Å². The molecule has 3 aromatic rings. The minimum Gasteiger partial charge on any atom is -0.349 e. The van der Waals surface area contributed by atoms with Gasteiger partial charge in [-0.3, -0.25) is 0 Å². The molecule has 0 spiro atoms. The zero-order valence-electron chi connectivity index (χ0n) is 10.6. The number of benzene rings is 1. The average molecular weight is 237 g/mol. The molecule has 0 saturated carbocycles. The Morgan fingerprint density at radius 2 is 1.94 bits per heavy atom. The number of H-pyrrole nitrogens is 2. The number of hydrogen-bond acceptors (Lipinski definition) is 0. The average Bonchev–Trinajstić information content (AvgIpc) is 2.79. The molecule has 90 valence electrons. The van der Waals surface area contributed by atoms with E-state index in [1.165, 1.54) is 58.9 Å². The molecule has 0 fully saturated rings. The minimum atomic E-state index is 1.20. The standard InChI is InChI=1S/C16H16N2/c1-10-16-15(11-6-2-4-8-13(11)17-10)12-7-3-5-9-14(12)18-16/h3,5,7,9,18H,2,4,6,8H2,1H3/p+1. The van der Waals surface area contributed by atoms with Gasteiger partial charge >= 0.3 is 0 Å².